The largest absolute Gasteiger partial charge is 0.516 e. The van der Waals surface area contributed by atoms with E-state index < -0.39 is 21.1 Å². The molecule has 7 heteroatoms. The molecule has 0 saturated heterocycles. The summed E-state index contributed by atoms with van der Waals surface area (Å²) in [5.41, 5.74) is -5.89. The predicted octanol–water partition coefficient (Wildman–Crippen LogP) is 4.28. The van der Waals surface area contributed by atoms with E-state index in [4.69, 9.17) is 0 Å². The van der Waals surface area contributed by atoms with Crippen molar-refractivity contribution in [2.45, 2.75) is 18.0 Å². The number of anilines is 1. The Labute approximate surface area is 138 Å². The van der Waals surface area contributed by atoms with Crippen LogP contribution in [0, 0.1) is 0 Å². The van der Waals surface area contributed by atoms with Gasteiger partial charge >= 0.3 is 15.5 Å². The Morgan fingerprint density at radius 1 is 1.00 bits per heavy atom. The molecule has 0 fully saturated rings. The second-order valence-electron chi connectivity index (χ2n) is 5.65. The average molecular weight is 353 g/mol. The maximum absolute atomic E-state index is 13.3. The van der Waals surface area contributed by atoms with Crippen molar-refractivity contribution in [2.24, 2.45) is 0 Å². The van der Waals surface area contributed by atoms with Crippen LogP contribution in [-0.4, -0.2) is 13.9 Å². The fourth-order valence-electron chi connectivity index (χ4n) is 3.06. The van der Waals surface area contributed by atoms with Crippen LogP contribution < -0.4 is 4.31 Å². The number of benzene rings is 2. The lowest BCUT2D eigenvalue weighted by molar-refractivity contribution is -0.0441. The summed E-state index contributed by atoms with van der Waals surface area (Å²) in [6, 6.07) is 14.3. The van der Waals surface area contributed by atoms with Gasteiger partial charge in [0.15, 0.2) is 0 Å². The highest BCUT2D eigenvalue weighted by molar-refractivity contribution is 7.93. The molecule has 1 aliphatic rings. The number of sulfonamides is 1. The van der Waals surface area contributed by atoms with Crippen molar-refractivity contribution in [3.8, 4) is 0 Å². The molecule has 1 atom stereocenters. The van der Waals surface area contributed by atoms with Crippen LogP contribution in [0.3, 0.4) is 0 Å². The summed E-state index contributed by atoms with van der Waals surface area (Å²) in [5.74, 6) is 0. The van der Waals surface area contributed by atoms with Gasteiger partial charge in [0.05, 0.1) is 5.69 Å². The van der Waals surface area contributed by atoms with E-state index in [0.717, 1.165) is 0 Å². The van der Waals surface area contributed by atoms with Gasteiger partial charge in [-0.05, 0) is 24.1 Å². The van der Waals surface area contributed by atoms with Gasteiger partial charge in [0.25, 0.3) is 0 Å². The Hall–Kier alpha value is -2.28. The first kappa shape index (κ1) is 16.6. The summed E-state index contributed by atoms with van der Waals surface area (Å²) >= 11 is 0. The SMILES string of the molecule is C=C1c2ccccc2N(S(=O)(=O)C(F)(F)F)[C@]1(C)c1ccccc1. The van der Waals surface area contributed by atoms with Crippen molar-refractivity contribution in [3.05, 3.63) is 72.3 Å². The third kappa shape index (κ3) is 2.07. The molecule has 1 heterocycles. The topological polar surface area (TPSA) is 37.4 Å². The number of alkyl halides is 3. The van der Waals surface area contributed by atoms with Crippen molar-refractivity contribution in [1.82, 2.24) is 0 Å². The summed E-state index contributed by atoms with van der Waals surface area (Å²) in [5, 5.41) is 0. The van der Waals surface area contributed by atoms with Gasteiger partial charge in [0.2, 0.25) is 0 Å². The second kappa shape index (κ2) is 5.11. The van der Waals surface area contributed by atoms with E-state index in [1.165, 1.54) is 19.1 Å². The maximum atomic E-state index is 13.3. The Balaban J connectivity index is 2.36. The number of para-hydroxylation sites is 1. The molecule has 0 saturated carbocycles. The second-order valence-corrected chi connectivity index (χ2v) is 7.43. The van der Waals surface area contributed by atoms with Crippen LogP contribution in [0.2, 0.25) is 0 Å². The van der Waals surface area contributed by atoms with Crippen LogP contribution in [0.1, 0.15) is 18.1 Å². The minimum absolute atomic E-state index is 0.0221. The third-order valence-corrected chi connectivity index (χ3v) is 5.94. The van der Waals surface area contributed by atoms with Crippen LogP contribution in [0.4, 0.5) is 18.9 Å². The number of hydrogen-bond donors (Lipinski definition) is 0. The van der Waals surface area contributed by atoms with Gasteiger partial charge in [-0.2, -0.15) is 21.6 Å². The standard InChI is InChI=1S/C17H14F3NO2S/c1-12-14-10-6-7-11-15(14)21(24(22,23)17(18,19)20)16(12,2)13-8-4-3-5-9-13/h3-11H,1H2,2H3/t16-/m0/s1. The van der Waals surface area contributed by atoms with Crippen molar-refractivity contribution in [1.29, 1.82) is 0 Å². The molecular weight excluding hydrogens is 339 g/mol. The molecule has 0 unspecified atom stereocenters. The molecule has 0 amide bonds. The van der Waals surface area contributed by atoms with Gasteiger partial charge in [0, 0.05) is 5.56 Å². The molecule has 0 bridgehead atoms. The Kier molecular flexibility index (Phi) is 3.53. The van der Waals surface area contributed by atoms with Gasteiger partial charge in [-0.3, -0.25) is 0 Å². The summed E-state index contributed by atoms with van der Waals surface area (Å²) in [4.78, 5) is 0. The van der Waals surface area contributed by atoms with E-state index in [1.807, 2.05) is 0 Å². The van der Waals surface area contributed by atoms with E-state index in [9.17, 15) is 21.6 Å². The third-order valence-electron chi connectivity index (χ3n) is 4.31. The molecule has 0 aromatic heterocycles. The van der Waals surface area contributed by atoms with E-state index in [-0.39, 0.29) is 5.69 Å². The van der Waals surface area contributed by atoms with E-state index in [2.05, 4.69) is 6.58 Å². The average Bonchev–Trinajstić information content (AvgIpc) is 2.77. The van der Waals surface area contributed by atoms with Gasteiger partial charge in [-0.25, -0.2) is 4.31 Å². The number of nitrogens with zero attached hydrogens (tertiary/aromatic N) is 1. The van der Waals surface area contributed by atoms with Crippen molar-refractivity contribution < 1.29 is 21.6 Å². The highest BCUT2D eigenvalue weighted by atomic mass is 32.2. The lowest BCUT2D eigenvalue weighted by Crippen LogP contribution is -2.50. The molecule has 3 rings (SSSR count). The van der Waals surface area contributed by atoms with Crippen LogP contribution in [0.15, 0.2) is 61.2 Å². The zero-order valence-electron chi connectivity index (χ0n) is 12.7. The Bertz CT molecular complexity index is 907. The molecule has 126 valence electrons. The summed E-state index contributed by atoms with van der Waals surface area (Å²) < 4.78 is 65.0. The van der Waals surface area contributed by atoms with Crippen molar-refractivity contribution >= 4 is 21.3 Å². The lowest BCUT2D eigenvalue weighted by atomic mass is 9.85. The zero-order chi connectivity index (χ0) is 17.8. The summed E-state index contributed by atoms with van der Waals surface area (Å²) in [7, 11) is -5.61. The Morgan fingerprint density at radius 2 is 1.54 bits per heavy atom. The predicted molar refractivity (Wildman–Crippen MR) is 86.7 cm³/mol. The first-order valence-corrected chi connectivity index (χ1v) is 8.52. The Morgan fingerprint density at radius 3 is 2.12 bits per heavy atom. The highest BCUT2D eigenvalue weighted by Crippen LogP contribution is 2.54. The number of fused-ring (bicyclic) bond motifs is 1. The van der Waals surface area contributed by atoms with Gasteiger partial charge in [0.1, 0.15) is 5.54 Å². The lowest BCUT2D eigenvalue weighted by Gasteiger charge is -2.37. The molecular formula is C17H14F3NO2S. The smallest absolute Gasteiger partial charge is 0.247 e. The zero-order valence-corrected chi connectivity index (χ0v) is 13.5. The molecule has 3 nitrogen and oxygen atoms in total. The number of rotatable bonds is 2. The molecule has 0 spiro atoms. The monoisotopic (exact) mass is 353 g/mol. The summed E-state index contributed by atoms with van der Waals surface area (Å²) in [6.07, 6.45) is 0. The minimum atomic E-state index is -5.61. The van der Waals surface area contributed by atoms with Crippen LogP contribution >= 0.6 is 0 Å². The fourth-order valence-corrected chi connectivity index (χ4v) is 4.38. The van der Waals surface area contributed by atoms with Crippen molar-refractivity contribution in [3.63, 3.8) is 0 Å². The normalized spacial score (nSPS) is 21.0. The first-order chi connectivity index (χ1) is 11.1. The maximum Gasteiger partial charge on any atom is 0.516 e. The van der Waals surface area contributed by atoms with Crippen LogP contribution in [0.25, 0.3) is 5.57 Å². The summed E-state index contributed by atoms with van der Waals surface area (Å²) in [6.45, 7) is 5.34. The molecule has 0 aliphatic carbocycles. The minimum Gasteiger partial charge on any atom is -0.247 e. The number of hydrogen-bond acceptors (Lipinski definition) is 2. The molecule has 1 aliphatic heterocycles. The van der Waals surface area contributed by atoms with Gasteiger partial charge in [-0.15, -0.1) is 0 Å². The van der Waals surface area contributed by atoms with Gasteiger partial charge < -0.3 is 0 Å². The van der Waals surface area contributed by atoms with Crippen LogP contribution in [0.5, 0.6) is 0 Å². The molecule has 2 aromatic carbocycles. The van der Waals surface area contributed by atoms with Gasteiger partial charge in [-0.1, -0.05) is 55.1 Å². The van der Waals surface area contributed by atoms with Crippen molar-refractivity contribution in [2.75, 3.05) is 4.31 Å². The van der Waals surface area contributed by atoms with E-state index in [1.54, 1.807) is 42.5 Å². The van der Waals surface area contributed by atoms with E-state index >= 15 is 0 Å². The fraction of sp³-hybridized carbons (Fsp3) is 0.176. The molecule has 24 heavy (non-hydrogen) atoms. The quantitative estimate of drug-likeness (QED) is 0.808. The first-order valence-electron chi connectivity index (χ1n) is 7.08. The van der Waals surface area contributed by atoms with Crippen LogP contribution in [-0.2, 0) is 15.6 Å². The molecule has 0 N–H and O–H groups in total. The highest BCUT2D eigenvalue weighted by Gasteiger charge is 2.59. The number of halogens is 3. The van der Waals surface area contributed by atoms with E-state index in [0.29, 0.717) is 21.0 Å². The molecule has 2 aromatic rings. The molecule has 0 radical (unpaired) electrons.